The molecular formula is C14H22N2O2. The van der Waals surface area contributed by atoms with E-state index in [2.05, 4.69) is 17.2 Å². The van der Waals surface area contributed by atoms with Crippen molar-refractivity contribution in [2.24, 2.45) is 0 Å². The zero-order valence-corrected chi connectivity index (χ0v) is 11.0. The Hall–Kier alpha value is -1.42. The van der Waals surface area contributed by atoms with E-state index in [-0.39, 0.29) is 5.97 Å². The minimum Gasteiger partial charge on any atom is -0.462 e. The van der Waals surface area contributed by atoms with Crippen molar-refractivity contribution in [3.8, 4) is 0 Å². The number of carbonyl (C=O) groups excluding carboxylic acids is 1. The number of aromatic nitrogens is 1. The van der Waals surface area contributed by atoms with Crippen LogP contribution in [0.15, 0.2) is 24.5 Å². The van der Waals surface area contributed by atoms with Crippen LogP contribution in [0.3, 0.4) is 0 Å². The number of unbranched alkanes of at least 4 members (excludes halogenated alkanes) is 2. The molecule has 1 rings (SSSR count). The highest BCUT2D eigenvalue weighted by Crippen LogP contribution is 2.01. The molecule has 0 bridgehead atoms. The van der Waals surface area contributed by atoms with Crippen LogP contribution >= 0.6 is 0 Å². The van der Waals surface area contributed by atoms with Crippen LogP contribution in [-0.4, -0.2) is 30.6 Å². The van der Waals surface area contributed by atoms with Crippen molar-refractivity contribution in [1.82, 2.24) is 10.3 Å². The summed E-state index contributed by atoms with van der Waals surface area (Å²) in [4.78, 5) is 15.4. The standard InChI is InChI=1S/C14H22N2O2/c1-2-8-15-9-4-3-5-12-18-14(17)13-6-10-16-11-7-13/h6-7,10-11,15H,2-5,8-9,12H2,1H3. The minimum atomic E-state index is -0.262. The minimum absolute atomic E-state index is 0.262. The molecule has 0 fully saturated rings. The van der Waals surface area contributed by atoms with Gasteiger partial charge in [0, 0.05) is 12.4 Å². The second kappa shape index (κ2) is 9.59. The topological polar surface area (TPSA) is 51.2 Å². The van der Waals surface area contributed by atoms with E-state index in [9.17, 15) is 4.79 Å². The molecule has 1 aromatic heterocycles. The van der Waals surface area contributed by atoms with Gasteiger partial charge in [-0.05, 0) is 50.9 Å². The van der Waals surface area contributed by atoms with Gasteiger partial charge in [0.25, 0.3) is 0 Å². The molecule has 4 heteroatoms. The molecule has 1 aromatic rings. The number of esters is 1. The van der Waals surface area contributed by atoms with E-state index in [0.29, 0.717) is 12.2 Å². The van der Waals surface area contributed by atoms with Gasteiger partial charge in [0.05, 0.1) is 12.2 Å². The fourth-order valence-corrected chi connectivity index (χ4v) is 1.57. The molecular weight excluding hydrogens is 228 g/mol. The van der Waals surface area contributed by atoms with Crippen molar-refractivity contribution in [3.05, 3.63) is 30.1 Å². The zero-order valence-electron chi connectivity index (χ0n) is 11.0. The lowest BCUT2D eigenvalue weighted by molar-refractivity contribution is 0.0498. The summed E-state index contributed by atoms with van der Waals surface area (Å²) < 4.78 is 5.17. The third kappa shape index (κ3) is 6.35. The molecule has 0 saturated carbocycles. The lowest BCUT2D eigenvalue weighted by Gasteiger charge is -2.05. The van der Waals surface area contributed by atoms with Crippen LogP contribution in [0, 0.1) is 0 Å². The Morgan fingerprint density at radius 3 is 2.72 bits per heavy atom. The molecule has 0 aromatic carbocycles. The van der Waals surface area contributed by atoms with Crippen molar-refractivity contribution in [1.29, 1.82) is 0 Å². The summed E-state index contributed by atoms with van der Waals surface area (Å²) >= 11 is 0. The number of pyridine rings is 1. The van der Waals surface area contributed by atoms with E-state index in [1.165, 1.54) is 6.42 Å². The maximum Gasteiger partial charge on any atom is 0.338 e. The van der Waals surface area contributed by atoms with Gasteiger partial charge < -0.3 is 10.1 Å². The van der Waals surface area contributed by atoms with Crippen molar-refractivity contribution < 1.29 is 9.53 Å². The van der Waals surface area contributed by atoms with E-state index in [0.717, 1.165) is 32.4 Å². The zero-order chi connectivity index (χ0) is 13.1. The molecule has 0 aliphatic carbocycles. The molecule has 0 saturated heterocycles. The third-order valence-electron chi connectivity index (χ3n) is 2.57. The highest BCUT2D eigenvalue weighted by atomic mass is 16.5. The number of nitrogens with one attached hydrogen (secondary N) is 1. The molecule has 0 atom stereocenters. The maximum absolute atomic E-state index is 11.6. The number of ether oxygens (including phenoxy) is 1. The Kier molecular flexibility index (Phi) is 7.80. The predicted molar refractivity (Wildman–Crippen MR) is 71.5 cm³/mol. The predicted octanol–water partition coefficient (Wildman–Crippen LogP) is 2.41. The van der Waals surface area contributed by atoms with Crippen LogP contribution in [0.1, 0.15) is 43.0 Å². The molecule has 1 heterocycles. The van der Waals surface area contributed by atoms with Crippen LogP contribution < -0.4 is 5.32 Å². The van der Waals surface area contributed by atoms with Gasteiger partial charge >= 0.3 is 5.97 Å². The summed E-state index contributed by atoms with van der Waals surface area (Å²) in [6.07, 6.45) is 7.49. The molecule has 0 aliphatic heterocycles. The van der Waals surface area contributed by atoms with Gasteiger partial charge in [-0.15, -0.1) is 0 Å². The van der Waals surface area contributed by atoms with Gasteiger partial charge in [-0.25, -0.2) is 4.79 Å². The second-order valence-corrected chi connectivity index (χ2v) is 4.18. The Balaban J connectivity index is 2.00. The first kappa shape index (κ1) is 14.6. The molecule has 100 valence electrons. The van der Waals surface area contributed by atoms with Crippen molar-refractivity contribution in [3.63, 3.8) is 0 Å². The van der Waals surface area contributed by atoms with E-state index in [1.54, 1.807) is 24.5 Å². The Morgan fingerprint density at radius 1 is 1.22 bits per heavy atom. The lowest BCUT2D eigenvalue weighted by Crippen LogP contribution is -2.16. The van der Waals surface area contributed by atoms with Gasteiger partial charge in [0.2, 0.25) is 0 Å². The van der Waals surface area contributed by atoms with Crippen molar-refractivity contribution in [2.75, 3.05) is 19.7 Å². The number of hydrogen-bond donors (Lipinski definition) is 1. The first-order valence-corrected chi connectivity index (χ1v) is 6.62. The number of nitrogens with zero attached hydrogens (tertiary/aromatic N) is 1. The summed E-state index contributed by atoms with van der Waals surface area (Å²) in [5.74, 6) is -0.262. The smallest absolute Gasteiger partial charge is 0.338 e. The van der Waals surface area contributed by atoms with Gasteiger partial charge in [0.15, 0.2) is 0 Å². The molecule has 1 N–H and O–H groups in total. The largest absolute Gasteiger partial charge is 0.462 e. The van der Waals surface area contributed by atoms with Crippen LogP contribution in [0.25, 0.3) is 0 Å². The Morgan fingerprint density at radius 2 is 2.00 bits per heavy atom. The normalized spacial score (nSPS) is 10.3. The highest BCUT2D eigenvalue weighted by molar-refractivity contribution is 5.89. The Labute approximate surface area is 109 Å². The summed E-state index contributed by atoms with van der Waals surface area (Å²) in [6, 6.07) is 3.33. The van der Waals surface area contributed by atoms with Crippen LogP contribution in [0.4, 0.5) is 0 Å². The summed E-state index contributed by atoms with van der Waals surface area (Å²) in [5, 5.41) is 3.35. The first-order valence-electron chi connectivity index (χ1n) is 6.62. The fraction of sp³-hybridized carbons (Fsp3) is 0.571. The number of carbonyl (C=O) groups is 1. The van der Waals surface area contributed by atoms with Crippen LogP contribution in [0.2, 0.25) is 0 Å². The Bertz CT molecular complexity index is 328. The van der Waals surface area contributed by atoms with Gasteiger partial charge in [-0.3, -0.25) is 4.98 Å². The molecule has 0 spiro atoms. The molecule has 0 radical (unpaired) electrons. The van der Waals surface area contributed by atoms with E-state index < -0.39 is 0 Å². The molecule has 0 unspecified atom stereocenters. The molecule has 4 nitrogen and oxygen atoms in total. The van der Waals surface area contributed by atoms with Gasteiger partial charge in [0.1, 0.15) is 0 Å². The van der Waals surface area contributed by atoms with Crippen LogP contribution in [-0.2, 0) is 4.74 Å². The molecule has 0 amide bonds. The van der Waals surface area contributed by atoms with E-state index in [4.69, 9.17) is 4.74 Å². The van der Waals surface area contributed by atoms with Crippen LogP contribution in [0.5, 0.6) is 0 Å². The van der Waals surface area contributed by atoms with Crippen molar-refractivity contribution in [2.45, 2.75) is 32.6 Å². The second-order valence-electron chi connectivity index (χ2n) is 4.18. The van der Waals surface area contributed by atoms with Crippen molar-refractivity contribution >= 4 is 5.97 Å². The molecule has 0 aliphatic rings. The van der Waals surface area contributed by atoms with E-state index >= 15 is 0 Å². The number of hydrogen-bond acceptors (Lipinski definition) is 4. The summed E-state index contributed by atoms with van der Waals surface area (Å²) in [5.41, 5.74) is 0.564. The summed E-state index contributed by atoms with van der Waals surface area (Å²) in [7, 11) is 0. The van der Waals surface area contributed by atoms with E-state index in [1.807, 2.05) is 0 Å². The third-order valence-corrected chi connectivity index (χ3v) is 2.57. The average molecular weight is 250 g/mol. The van der Waals surface area contributed by atoms with Gasteiger partial charge in [-0.2, -0.15) is 0 Å². The summed E-state index contributed by atoms with van der Waals surface area (Å²) in [6.45, 7) is 4.78. The quantitative estimate of drug-likeness (QED) is 0.540. The number of rotatable bonds is 9. The lowest BCUT2D eigenvalue weighted by atomic mass is 10.2. The molecule has 18 heavy (non-hydrogen) atoms. The maximum atomic E-state index is 11.6. The van der Waals surface area contributed by atoms with Gasteiger partial charge in [-0.1, -0.05) is 6.92 Å². The SMILES string of the molecule is CCCNCCCCCOC(=O)c1ccncc1. The average Bonchev–Trinajstić information content (AvgIpc) is 2.42. The first-order chi connectivity index (χ1) is 8.84. The fourth-order valence-electron chi connectivity index (χ4n) is 1.57. The highest BCUT2D eigenvalue weighted by Gasteiger charge is 2.04. The monoisotopic (exact) mass is 250 g/mol.